The standard InChI is InChI=1S/C16H17BN2O5/c1-10-13(14(20)8-16(22)19-10)6-7-15(21)18-9-11-2-4-12(5-3-11)17(23)24/h2-7,23-24H,8-9H2,1H3,(H,18,21)(H,19,22)/b7-6+. The number of hydrogen-bond acceptors (Lipinski definition) is 5. The highest BCUT2D eigenvalue weighted by molar-refractivity contribution is 6.58. The van der Waals surface area contributed by atoms with Gasteiger partial charge in [0.2, 0.25) is 11.8 Å². The van der Waals surface area contributed by atoms with Crippen LogP contribution in [0, 0.1) is 0 Å². The maximum Gasteiger partial charge on any atom is 0.488 e. The van der Waals surface area contributed by atoms with Crippen molar-refractivity contribution in [3.63, 3.8) is 0 Å². The summed E-state index contributed by atoms with van der Waals surface area (Å²) in [5.74, 6) is -1.06. The molecular weight excluding hydrogens is 311 g/mol. The molecule has 0 fully saturated rings. The van der Waals surface area contributed by atoms with Crippen molar-refractivity contribution in [3.05, 3.63) is 53.3 Å². The number of amides is 2. The van der Waals surface area contributed by atoms with E-state index in [9.17, 15) is 14.4 Å². The summed E-state index contributed by atoms with van der Waals surface area (Å²) in [5.41, 5.74) is 1.90. The third-order valence-corrected chi connectivity index (χ3v) is 3.50. The minimum Gasteiger partial charge on any atom is -0.423 e. The van der Waals surface area contributed by atoms with Crippen LogP contribution in [0.3, 0.4) is 0 Å². The van der Waals surface area contributed by atoms with E-state index in [-0.39, 0.29) is 30.6 Å². The zero-order chi connectivity index (χ0) is 17.7. The summed E-state index contributed by atoms with van der Waals surface area (Å²) in [6.45, 7) is 1.86. The van der Waals surface area contributed by atoms with Crippen LogP contribution >= 0.6 is 0 Å². The predicted molar refractivity (Wildman–Crippen MR) is 87.7 cm³/mol. The Morgan fingerprint density at radius 1 is 1.29 bits per heavy atom. The second-order valence-corrected chi connectivity index (χ2v) is 5.35. The van der Waals surface area contributed by atoms with E-state index in [0.717, 1.165) is 5.56 Å². The van der Waals surface area contributed by atoms with Crippen molar-refractivity contribution in [2.75, 3.05) is 0 Å². The Labute approximate surface area is 139 Å². The van der Waals surface area contributed by atoms with Crippen LogP contribution in [0.25, 0.3) is 0 Å². The topological polar surface area (TPSA) is 116 Å². The first-order chi connectivity index (χ1) is 11.4. The van der Waals surface area contributed by atoms with Gasteiger partial charge in [-0.05, 0) is 24.0 Å². The third kappa shape index (κ3) is 4.64. The summed E-state index contributed by atoms with van der Waals surface area (Å²) in [7, 11) is -1.53. The number of benzene rings is 1. The second kappa shape index (κ2) is 7.71. The smallest absolute Gasteiger partial charge is 0.423 e. The molecule has 0 saturated heterocycles. The van der Waals surface area contributed by atoms with Gasteiger partial charge in [-0.25, -0.2) is 0 Å². The van der Waals surface area contributed by atoms with E-state index < -0.39 is 7.12 Å². The lowest BCUT2D eigenvalue weighted by Gasteiger charge is -2.14. The molecule has 1 heterocycles. The fraction of sp³-hybridized carbons (Fsp3) is 0.188. The second-order valence-electron chi connectivity index (χ2n) is 5.35. The number of carbonyl (C=O) groups excluding carboxylic acids is 3. The highest BCUT2D eigenvalue weighted by Crippen LogP contribution is 2.12. The normalized spacial score (nSPS) is 14.8. The van der Waals surface area contributed by atoms with Crippen molar-refractivity contribution in [1.29, 1.82) is 0 Å². The molecule has 2 rings (SSSR count). The van der Waals surface area contributed by atoms with Gasteiger partial charge in [0, 0.05) is 23.9 Å². The molecule has 4 N–H and O–H groups in total. The van der Waals surface area contributed by atoms with Crippen molar-refractivity contribution in [3.8, 4) is 0 Å². The summed E-state index contributed by atoms with van der Waals surface area (Å²) in [5, 5.41) is 23.2. The molecular formula is C16H17BN2O5. The Kier molecular flexibility index (Phi) is 5.67. The maximum absolute atomic E-state index is 11.8. The molecule has 24 heavy (non-hydrogen) atoms. The van der Waals surface area contributed by atoms with Crippen LogP contribution < -0.4 is 16.1 Å². The monoisotopic (exact) mass is 328 g/mol. The molecule has 0 aromatic heterocycles. The van der Waals surface area contributed by atoms with Gasteiger partial charge in [-0.2, -0.15) is 0 Å². The molecule has 0 atom stereocenters. The number of ketones is 1. The molecule has 0 saturated carbocycles. The first kappa shape index (κ1) is 17.6. The first-order valence-corrected chi connectivity index (χ1v) is 7.31. The van der Waals surface area contributed by atoms with Crippen molar-refractivity contribution < 1.29 is 24.4 Å². The molecule has 0 radical (unpaired) electrons. The summed E-state index contributed by atoms with van der Waals surface area (Å²) >= 11 is 0. The molecule has 0 spiro atoms. The Morgan fingerprint density at radius 3 is 2.54 bits per heavy atom. The fourth-order valence-corrected chi connectivity index (χ4v) is 2.20. The Bertz CT molecular complexity index is 722. The predicted octanol–water partition coefficient (Wildman–Crippen LogP) is -1.10. The quantitative estimate of drug-likeness (QED) is 0.311. The van der Waals surface area contributed by atoms with Crippen molar-refractivity contribution in [2.45, 2.75) is 19.9 Å². The lowest BCUT2D eigenvalue weighted by Crippen LogP contribution is -2.31. The number of rotatable bonds is 5. The van der Waals surface area contributed by atoms with Crippen LogP contribution in [0.1, 0.15) is 18.9 Å². The average molecular weight is 328 g/mol. The van der Waals surface area contributed by atoms with Gasteiger partial charge in [0.25, 0.3) is 0 Å². The average Bonchev–Trinajstić information content (AvgIpc) is 2.52. The maximum atomic E-state index is 11.8. The van der Waals surface area contributed by atoms with Crippen LogP contribution in [0.15, 0.2) is 47.7 Å². The summed E-state index contributed by atoms with van der Waals surface area (Å²) in [4.78, 5) is 34.8. The lowest BCUT2D eigenvalue weighted by molar-refractivity contribution is -0.127. The van der Waals surface area contributed by atoms with Gasteiger partial charge in [-0.1, -0.05) is 24.3 Å². The number of hydrogen-bond donors (Lipinski definition) is 4. The number of Topliss-reactive ketones (excluding diaryl/α,β-unsaturated/α-hetero) is 1. The number of allylic oxidation sites excluding steroid dienone is 3. The highest BCUT2D eigenvalue weighted by Gasteiger charge is 2.21. The van der Waals surface area contributed by atoms with Crippen LogP contribution in [-0.2, 0) is 20.9 Å². The van der Waals surface area contributed by atoms with E-state index in [1.54, 1.807) is 31.2 Å². The van der Waals surface area contributed by atoms with Crippen LogP contribution in [0.4, 0.5) is 0 Å². The number of nitrogens with one attached hydrogen (secondary N) is 2. The molecule has 0 bridgehead atoms. The summed E-state index contributed by atoms with van der Waals surface area (Å²) in [6, 6.07) is 6.45. The largest absolute Gasteiger partial charge is 0.488 e. The van der Waals surface area contributed by atoms with E-state index in [0.29, 0.717) is 16.7 Å². The van der Waals surface area contributed by atoms with E-state index in [4.69, 9.17) is 10.0 Å². The fourth-order valence-electron chi connectivity index (χ4n) is 2.20. The lowest BCUT2D eigenvalue weighted by atomic mass is 9.80. The van der Waals surface area contributed by atoms with Gasteiger partial charge in [0.1, 0.15) is 0 Å². The van der Waals surface area contributed by atoms with Crippen molar-refractivity contribution in [2.24, 2.45) is 0 Å². The molecule has 1 aliphatic rings. The van der Waals surface area contributed by atoms with Crippen molar-refractivity contribution in [1.82, 2.24) is 10.6 Å². The molecule has 0 unspecified atom stereocenters. The zero-order valence-electron chi connectivity index (χ0n) is 13.1. The van der Waals surface area contributed by atoms with E-state index in [1.807, 2.05) is 0 Å². The van der Waals surface area contributed by atoms with Crippen molar-refractivity contribution >= 4 is 30.2 Å². The molecule has 0 aliphatic carbocycles. The molecule has 2 amide bonds. The minimum atomic E-state index is -1.53. The van der Waals surface area contributed by atoms with Gasteiger partial charge in [0.05, 0.1) is 6.42 Å². The van der Waals surface area contributed by atoms with Gasteiger partial charge >= 0.3 is 7.12 Å². The van der Waals surface area contributed by atoms with Gasteiger partial charge in [-0.3, -0.25) is 14.4 Å². The molecule has 7 nitrogen and oxygen atoms in total. The Morgan fingerprint density at radius 2 is 1.96 bits per heavy atom. The molecule has 8 heteroatoms. The third-order valence-electron chi connectivity index (χ3n) is 3.50. The highest BCUT2D eigenvalue weighted by atomic mass is 16.4. The summed E-state index contributed by atoms with van der Waals surface area (Å²) < 4.78 is 0. The molecule has 1 aromatic carbocycles. The SMILES string of the molecule is CC1=C(/C=C/C(=O)NCc2ccc(B(O)O)cc2)C(=O)CC(=O)N1. The molecule has 1 aliphatic heterocycles. The first-order valence-electron chi connectivity index (χ1n) is 7.31. The van der Waals surface area contributed by atoms with E-state index in [2.05, 4.69) is 10.6 Å². The van der Waals surface area contributed by atoms with E-state index >= 15 is 0 Å². The van der Waals surface area contributed by atoms with Crippen LogP contribution in [0.2, 0.25) is 0 Å². The number of carbonyl (C=O) groups is 3. The molecule has 124 valence electrons. The zero-order valence-corrected chi connectivity index (χ0v) is 13.1. The van der Waals surface area contributed by atoms with Crippen LogP contribution in [0.5, 0.6) is 0 Å². The summed E-state index contributed by atoms with van der Waals surface area (Å²) in [6.07, 6.45) is 2.40. The van der Waals surface area contributed by atoms with Crippen LogP contribution in [-0.4, -0.2) is 34.8 Å². The molecule has 1 aromatic rings. The Balaban J connectivity index is 1.92. The van der Waals surface area contributed by atoms with Gasteiger partial charge < -0.3 is 20.7 Å². The Hall–Kier alpha value is -2.71. The van der Waals surface area contributed by atoms with E-state index in [1.165, 1.54) is 12.2 Å². The minimum absolute atomic E-state index is 0.221. The van der Waals surface area contributed by atoms with Gasteiger partial charge in [-0.15, -0.1) is 0 Å². The van der Waals surface area contributed by atoms with Gasteiger partial charge in [0.15, 0.2) is 5.78 Å².